The molecule has 1 aromatic rings. The highest BCUT2D eigenvalue weighted by Crippen LogP contribution is 2.27. The molecule has 3 rings (SSSR count). The standard InChI is InChI=1S/C18H25ClN2O/c19-16-9-7-14(8-10-16)18(22)20-17-6-2-1-5-15(17)13-21-11-3-4-12-21/h7-10,15,17H,1-6,11-13H2,(H,20,22). The molecule has 2 unspecified atom stereocenters. The number of nitrogens with one attached hydrogen (secondary N) is 1. The predicted molar refractivity (Wildman–Crippen MR) is 90.3 cm³/mol. The van der Waals surface area contributed by atoms with Crippen molar-refractivity contribution in [3.63, 3.8) is 0 Å². The van der Waals surface area contributed by atoms with Crippen molar-refractivity contribution in [1.29, 1.82) is 0 Å². The molecule has 1 heterocycles. The van der Waals surface area contributed by atoms with E-state index in [4.69, 9.17) is 11.6 Å². The van der Waals surface area contributed by atoms with E-state index in [2.05, 4.69) is 10.2 Å². The lowest BCUT2D eigenvalue weighted by Crippen LogP contribution is -2.46. The van der Waals surface area contributed by atoms with Crippen LogP contribution >= 0.6 is 11.6 Å². The molecule has 2 aliphatic rings. The van der Waals surface area contributed by atoms with Crippen molar-refractivity contribution in [2.24, 2.45) is 5.92 Å². The van der Waals surface area contributed by atoms with Crippen LogP contribution in [0.2, 0.25) is 5.02 Å². The second-order valence-corrected chi connectivity index (χ2v) is 7.08. The molecule has 1 saturated heterocycles. The van der Waals surface area contributed by atoms with Crippen molar-refractivity contribution in [1.82, 2.24) is 10.2 Å². The molecule has 1 N–H and O–H groups in total. The van der Waals surface area contributed by atoms with Crippen molar-refractivity contribution in [2.75, 3.05) is 19.6 Å². The number of nitrogens with zero attached hydrogens (tertiary/aromatic N) is 1. The second kappa shape index (κ2) is 7.47. The van der Waals surface area contributed by atoms with Gasteiger partial charge in [0.05, 0.1) is 0 Å². The van der Waals surface area contributed by atoms with Crippen LogP contribution in [-0.2, 0) is 0 Å². The van der Waals surface area contributed by atoms with Crippen LogP contribution in [0.15, 0.2) is 24.3 Å². The summed E-state index contributed by atoms with van der Waals surface area (Å²) in [6, 6.07) is 7.47. The van der Waals surface area contributed by atoms with E-state index in [0.717, 1.165) is 13.0 Å². The third-order valence-corrected chi connectivity index (χ3v) is 5.28. The van der Waals surface area contributed by atoms with E-state index < -0.39 is 0 Å². The third-order valence-electron chi connectivity index (χ3n) is 5.02. The molecule has 1 aliphatic heterocycles. The van der Waals surface area contributed by atoms with Gasteiger partial charge in [-0.15, -0.1) is 0 Å². The molecule has 1 aromatic carbocycles. The number of benzene rings is 1. The Hall–Kier alpha value is -1.06. The highest BCUT2D eigenvalue weighted by atomic mass is 35.5. The highest BCUT2D eigenvalue weighted by molar-refractivity contribution is 6.30. The monoisotopic (exact) mass is 320 g/mol. The molecule has 2 atom stereocenters. The Balaban J connectivity index is 1.60. The van der Waals surface area contributed by atoms with Crippen LogP contribution in [-0.4, -0.2) is 36.5 Å². The average molecular weight is 321 g/mol. The Morgan fingerprint density at radius 2 is 1.77 bits per heavy atom. The van der Waals surface area contributed by atoms with Crippen molar-refractivity contribution in [3.8, 4) is 0 Å². The molecular weight excluding hydrogens is 296 g/mol. The van der Waals surface area contributed by atoms with Gasteiger partial charge in [-0.3, -0.25) is 4.79 Å². The molecule has 0 spiro atoms. The molecule has 1 amide bonds. The van der Waals surface area contributed by atoms with Crippen molar-refractivity contribution in [3.05, 3.63) is 34.9 Å². The first-order valence-corrected chi connectivity index (χ1v) is 8.89. The van der Waals surface area contributed by atoms with E-state index in [1.807, 2.05) is 0 Å². The lowest BCUT2D eigenvalue weighted by atomic mass is 9.84. The van der Waals surface area contributed by atoms with Crippen molar-refractivity contribution in [2.45, 2.75) is 44.6 Å². The molecular formula is C18H25ClN2O. The number of hydrogen-bond donors (Lipinski definition) is 1. The van der Waals surface area contributed by atoms with Crippen molar-refractivity contribution >= 4 is 17.5 Å². The summed E-state index contributed by atoms with van der Waals surface area (Å²) in [7, 11) is 0. The Morgan fingerprint density at radius 3 is 2.50 bits per heavy atom. The number of carbonyl (C=O) groups excluding carboxylic acids is 1. The van der Waals surface area contributed by atoms with Crippen LogP contribution in [0.3, 0.4) is 0 Å². The maximum atomic E-state index is 12.4. The fraction of sp³-hybridized carbons (Fsp3) is 0.611. The van der Waals surface area contributed by atoms with Gasteiger partial charge in [-0.25, -0.2) is 0 Å². The van der Waals surface area contributed by atoms with Crippen molar-refractivity contribution < 1.29 is 4.79 Å². The Kier molecular flexibility index (Phi) is 5.37. The summed E-state index contributed by atoms with van der Waals surface area (Å²) in [4.78, 5) is 15.0. The average Bonchev–Trinajstić information content (AvgIpc) is 3.03. The third kappa shape index (κ3) is 4.02. The SMILES string of the molecule is O=C(NC1CCCCC1CN1CCCC1)c1ccc(Cl)cc1. The summed E-state index contributed by atoms with van der Waals surface area (Å²) < 4.78 is 0. The van der Waals surface area contributed by atoms with E-state index >= 15 is 0 Å². The van der Waals surface area contributed by atoms with E-state index in [-0.39, 0.29) is 5.91 Å². The first-order chi connectivity index (χ1) is 10.7. The van der Waals surface area contributed by atoms with Gasteiger partial charge in [-0.1, -0.05) is 24.4 Å². The molecule has 1 aliphatic carbocycles. The van der Waals surface area contributed by atoms with Crippen LogP contribution in [0.25, 0.3) is 0 Å². The molecule has 3 nitrogen and oxygen atoms in total. The van der Waals surface area contributed by atoms with E-state index in [9.17, 15) is 4.79 Å². The molecule has 2 fully saturated rings. The summed E-state index contributed by atoms with van der Waals surface area (Å²) in [5, 5.41) is 3.94. The summed E-state index contributed by atoms with van der Waals surface area (Å²) in [6.45, 7) is 3.61. The zero-order valence-corrected chi connectivity index (χ0v) is 13.8. The Morgan fingerprint density at radius 1 is 1.09 bits per heavy atom. The molecule has 22 heavy (non-hydrogen) atoms. The van der Waals surface area contributed by atoms with Gasteiger partial charge in [0, 0.05) is 23.2 Å². The Labute approximate surface area is 138 Å². The van der Waals surface area contributed by atoms with Gasteiger partial charge in [0.25, 0.3) is 5.91 Å². The fourth-order valence-corrected chi connectivity index (χ4v) is 3.89. The molecule has 0 radical (unpaired) electrons. The number of amides is 1. The topological polar surface area (TPSA) is 32.3 Å². The van der Waals surface area contributed by atoms with Crippen LogP contribution in [0.5, 0.6) is 0 Å². The number of hydrogen-bond acceptors (Lipinski definition) is 2. The minimum Gasteiger partial charge on any atom is -0.349 e. The molecule has 4 heteroatoms. The van der Waals surface area contributed by atoms with Crippen LogP contribution in [0, 0.1) is 5.92 Å². The first kappa shape index (κ1) is 15.8. The second-order valence-electron chi connectivity index (χ2n) is 6.64. The number of halogens is 1. The smallest absolute Gasteiger partial charge is 0.251 e. The molecule has 0 aromatic heterocycles. The normalized spacial score (nSPS) is 26.0. The number of rotatable bonds is 4. The van der Waals surface area contributed by atoms with E-state index in [1.165, 1.54) is 45.2 Å². The summed E-state index contributed by atoms with van der Waals surface area (Å²) >= 11 is 5.89. The minimum atomic E-state index is 0.0370. The summed E-state index contributed by atoms with van der Waals surface area (Å²) in [5.41, 5.74) is 0.704. The van der Waals surface area contributed by atoms with Crippen LogP contribution < -0.4 is 5.32 Å². The van der Waals surface area contributed by atoms with Gasteiger partial charge in [-0.05, 0) is 69.0 Å². The lowest BCUT2D eigenvalue weighted by molar-refractivity contribution is 0.0891. The quantitative estimate of drug-likeness (QED) is 0.917. The van der Waals surface area contributed by atoms with Gasteiger partial charge < -0.3 is 10.2 Å². The van der Waals surface area contributed by atoms with Gasteiger partial charge in [-0.2, -0.15) is 0 Å². The maximum absolute atomic E-state index is 12.4. The number of likely N-dealkylation sites (tertiary alicyclic amines) is 1. The van der Waals surface area contributed by atoms with E-state index in [0.29, 0.717) is 22.5 Å². The van der Waals surface area contributed by atoms with Crippen LogP contribution in [0.1, 0.15) is 48.9 Å². The fourth-order valence-electron chi connectivity index (χ4n) is 3.77. The predicted octanol–water partition coefficient (Wildman–Crippen LogP) is 3.72. The van der Waals surface area contributed by atoms with Gasteiger partial charge in [0.15, 0.2) is 0 Å². The first-order valence-electron chi connectivity index (χ1n) is 8.51. The molecule has 0 bridgehead atoms. The largest absolute Gasteiger partial charge is 0.349 e. The van der Waals surface area contributed by atoms with Crippen LogP contribution in [0.4, 0.5) is 0 Å². The zero-order chi connectivity index (χ0) is 15.4. The van der Waals surface area contributed by atoms with E-state index in [1.54, 1.807) is 24.3 Å². The summed E-state index contributed by atoms with van der Waals surface area (Å²) in [5.74, 6) is 0.637. The van der Waals surface area contributed by atoms with Gasteiger partial charge in [0.1, 0.15) is 0 Å². The zero-order valence-electron chi connectivity index (χ0n) is 13.1. The molecule has 1 saturated carbocycles. The number of carbonyl (C=O) groups is 1. The minimum absolute atomic E-state index is 0.0370. The van der Waals surface area contributed by atoms with Gasteiger partial charge >= 0.3 is 0 Å². The molecule has 120 valence electrons. The lowest BCUT2D eigenvalue weighted by Gasteiger charge is -2.34. The summed E-state index contributed by atoms with van der Waals surface area (Å²) in [6.07, 6.45) is 7.52. The maximum Gasteiger partial charge on any atom is 0.251 e. The highest BCUT2D eigenvalue weighted by Gasteiger charge is 2.29. The van der Waals surface area contributed by atoms with Gasteiger partial charge in [0.2, 0.25) is 0 Å². The Bertz CT molecular complexity index is 496.